The molecule has 3 rings (SSSR count). The van der Waals surface area contributed by atoms with Crippen molar-refractivity contribution < 1.29 is 27.4 Å². The molecule has 0 saturated carbocycles. The highest BCUT2D eigenvalue weighted by molar-refractivity contribution is 7.89. The fourth-order valence-corrected chi connectivity index (χ4v) is 4.62. The highest BCUT2D eigenvalue weighted by Gasteiger charge is 2.23. The Balaban J connectivity index is 1.79. The molecule has 0 bridgehead atoms. The van der Waals surface area contributed by atoms with Crippen LogP contribution in [0.4, 0.5) is 5.69 Å². The molecular formula is C20H23ClN2O6S. The summed E-state index contributed by atoms with van der Waals surface area (Å²) in [7, 11) is -0.920. The molecule has 30 heavy (non-hydrogen) atoms. The van der Waals surface area contributed by atoms with Gasteiger partial charge in [0, 0.05) is 24.8 Å². The highest BCUT2D eigenvalue weighted by Crippen LogP contribution is 2.30. The maximum atomic E-state index is 12.7. The van der Waals surface area contributed by atoms with Gasteiger partial charge in [0.25, 0.3) is 5.91 Å². The van der Waals surface area contributed by atoms with E-state index in [1.54, 1.807) is 18.2 Å². The number of methoxy groups -OCH3 is 2. The molecule has 0 unspecified atom stereocenters. The number of ether oxygens (including phenoxy) is 3. The molecule has 162 valence electrons. The number of halogens is 1. The summed E-state index contributed by atoms with van der Waals surface area (Å²) >= 11 is 6.11. The maximum absolute atomic E-state index is 12.7. The van der Waals surface area contributed by atoms with Crippen molar-refractivity contribution in [3.8, 4) is 11.5 Å². The topological polar surface area (TPSA) is 103 Å². The Morgan fingerprint density at radius 2 is 2.00 bits per heavy atom. The summed E-state index contributed by atoms with van der Waals surface area (Å²) in [6.45, 7) is 0.774. The van der Waals surface area contributed by atoms with Gasteiger partial charge in [-0.15, -0.1) is 0 Å². The molecule has 1 fully saturated rings. The minimum absolute atomic E-state index is 0.0217. The summed E-state index contributed by atoms with van der Waals surface area (Å²) < 4.78 is 43.7. The second-order valence-electron chi connectivity index (χ2n) is 6.65. The van der Waals surface area contributed by atoms with Crippen molar-refractivity contribution in [3.05, 3.63) is 47.0 Å². The molecule has 1 atom stereocenters. The standard InChI is InChI=1S/C20H23ClN2O6S/c1-27-14-6-8-17(18(11-14)28-2)23-20(24)13-5-7-16(21)19(10-13)30(25,26)22-12-15-4-3-9-29-15/h5-8,10-11,15,22H,3-4,9,12H2,1-2H3,(H,23,24)/t15-/m1/s1. The lowest BCUT2D eigenvalue weighted by molar-refractivity contribution is 0.102. The monoisotopic (exact) mass is 454 g/mol. The van der Waals surface area contributed by atoms with Gasteiger partial charge in [-0.2, -0.15) is 0 Å². The van der Waals surface area contributed by atoms with E-state index in [-0.39, 0.29) is 28.1 Å². The lowest BCUT2D eigenvalue weighted by Gasteiger charge is -2.14. The maximum Gasteiger partial charge on any atom is 0.255 e. The van der Waals surface area contributed by atoms with Gasteiger partial charge in [-0.25, -0.2) is 13.1 Å². The molecule has 1 amide bonds. The van der Waals surface area contributed by atoms with Crippen molar-refractivity contribution in [2.45, 2.75) is 23.8 Å². The van der Waals surface area contributed by atoms with Crippen LogP contribution >= 0.6 is 11.6 Å². The first kappa shape index (κ1) is 22.4. The molecule has 0 spiro atoms. The number of hydrogen-bond donors (Lipinski definition) is 2. The SMILES string of the molecule is COc1ccc(NC(=O)c2ccc(Cl)c(S(=O)(=O)NC[C@H]3CCCO3)c2)c(OC)c1. The Labute approximate surface area is 180 Å². The first-order chi connectivity index (χ1) is 14.3. The van der Waals surface area contributed by atoms with Crippen LogP contribution in [-0.2, 0) is 14.8 Å². The quantitative estimate of drug-likeness (QED) is 0.635. The van der Waals surface area contributed by atoms with Gasteiger partial charge < -0.3 is 19.5 Å². The molecule has 0 radical (unpaired) electrons. The molecule has 1 heterocycles. The van der Waals surface area contributed by atoms with Crippen LogP contribution in [0.15, 0.2) is 41.3 Å². The summed E-state index contributed by atoms with van der Waals surface area (Å²) in [5.41, 5.74) is 0.550. The van der Waals surface area contributed by atoms with Gasteiger partial charge in [-0.05, 0) is 43.2 Å². The number of anilines is 1. The zero-order valence-electron chi connectivity index (χ0n) is 16.6. The molecule has 0 aliphatic carbocycles. The van der Waals surface area contributed by atoms with E-state index >= 15 is 0 Å². The number of carbonyl (C=O) groups excluding carboxylic acids is 1. The fraction of sp³-hybridized carbons (Fsp3) is 0.350. The largest absolute Gasteiger partial charge is 0.497 e. The summed E-state index contributed by atoms with van der Waals surface area (Å²) in [4.78, 5) is 12.5. The van der Waals surface area contributed by atoms with Crippen LogP contribution < -0.4 is 19.5 Å². The Morgan fingerprint density at radius 1 is 1.20 bits per heavy atom. The summed E-state index contributed by atoms with van der Waals surface area (Å²) in [6.07, 6.45) is 1.53. The van der Waals surface area contributed by atoms with Gasteiger partial charge in [-0.1, -0.05) is 11.6 Å². The zero-order chi connectivity index (χ0) is 21.7. The second kappa shape index (κ2) is 9.65. The van der Waals surface area contributed by atoms with Crippen LogP contribution in [0.25, 0.3) is 0 Å². The minimum Gasteiger partial charge on any atom is -0.497 e. The van der Waals surface area contributed by atoms with Crippen molar-refractivity contribution in [2.75, 3.05) is 32.7 Å². The summed E-state index contributed by atoms with van der Waals surface area (Å²) in [5, 5.41) is 2.73. The zero-order valence-corrected chi connectivity index (χ0v) is 18.2. The normalized spacial score (nSPS) is 16.3. The predicted molar refractivity (Wildman–Crippen MR) is 113 cm³/mol. The molecule has 1 aliphatic heterocycles. The molecule has 2 aromatic rings. The van der Waals surface area contributed by atoms with Gasteiger partial charge in [0.2, 0.25) is 10.0 Å². The van der Waals surface area contributed by atoms with E-state index in [9.17, 15) is 13.2 Å². The Hall–Kier alpha value is -2.33. The second-order valence-corrected chi connectivity index (χ2v) is 8.80. The van der Waals surface area contributed by atoms with E-state index in [1.807, 2.05) is 0 Å². The average Bonchev–Trinajstić information content (AvgIpc) is 3.26. The molecule has 10 heteroatoms. The third-order valence-electron chi connectivity index (χ3n) is 4.66. The molecule has 1 saturated heterocycles. The van der Waals surface area contributed by atoms with Crippen molar-refractivity contribution >= 4 is 33.2 Å². The number of sulfonamides is 1. The van der Waals surface area contributed by atoms with Crippen molar-refractivity contribution in [1.82, 2.24) is 4.72 Å². The summed E-state index contributed by atoms with van der Waals surface area (Å²) in [6, 6.07) is 9.00. The van der Waals surface area contributed by atoms with E-state index in [0.29, 0.717) is 23.8 Å². The first-order valence-electron chi connectivity index (χ1n) is 9.28. The van der Waals surface area contributed by atoms with E-state index in [4.69, 9.17) is 25.8 Å². The molecular weight excluding hydrogens is 432 g/mol. The highest BCUT2D eigenvalue weighted by atomic mass is 35.5. The lowest BCUT2D eigenvalue weighted by atomic mass is 10.2. The summed E-state index contributed by atoms with van der Waals surface area (Å²) in [5.74, 6) is 0.468. The fourth-order valence-electron chi connectivity index (χ4n) is 3.03. The number of benzene rings is 2. The molecule has 0 aromatic heterocycles. The third-order valence-corrected chi connectivity index (χ3v) is 6.57. The van der Waals surface area contributed by atoms with E-state index < -0.39 is 15.9 Å². The molecule has 2 aromatic carbocycles. The van der Waals surface area contributed by atoms with Crippen molar-refractivity contribution in [1.29, 1.82) is 0 Å². The van der Waals surface area contributed by atoms with Crippen LogP contribution in [0.2, 0.25) is 5.02 Å². The molecule has 1 aliphatic rings. The Bertz CT molecular complexity index is 1020. The smallest absolute Gasteiger partial charge is 0.255 e. The van der Waals surface area contributed by atoms with E-state index in [1.165, 1.54) is 32.4 Å². The minimum atomic E-state index is -3.91. The van der Waals surface area contributed by atoms with Gasteiger partial charge in [0.1, 0.15) is 16.4 Å². The first-order valence-corrected chi connectivity index (χ1v) is 11.1. The third kappa shape index (κ3) is 5.23. The van der Waals surface area contributed by atoms with Crippen LogP contribution in [0, 0.1) is 0 Å². The van der Waals surface area contributed by atoms with Crippen LogP contribution in [-0.4, -0.2) is 47.8 Å². The van der Waals surface area contributed by atoms with Gasteiger partial charge >= 0.3 is 0 Å². The number of hydrogen-bond acceptors (Lipinski definition) is 6. The van der Waals surface area contributed by atoms with E-state index in [2.05, 4.69) is 10.0 Å². The lowest BCUT2D eigenvalue weighted by Crippen LogP contribution is -2.32. The Kier molecular flexibility index (Phi) is 7.19. The van der Waals surface area contributed by atoms with Crippen LogP contribution in [0.5, 0.6) is 11.5 Å². The average molecular weight is 455 g/mol. The number of amides is 1. The van der Waals surface area contributed by atoms with Gasteiger partial charge in [-0.3, -0.25) is 4.79 Å². The van der Waals surface area contributed by atoms with Gasteiger partial charge in [0.05, 0.1) is 31.0 Å². The van der Waals surface area contributed by atoms with Crippen LogP contribution in [0.1, 0.15) is 23.2 Å². The number of carbonyl (C=O) groups is 1. The number of rotatable bonds is 8. The Morgan fingerprint density at radius 3 is 2.67 bits per heavy atom. The molecule has 8 nitrogen and oxygen atoms in total. The van der Waals surface area contributed by atoms with Gasteiger partial charge in [0.15, 0.2) is 0 Å². The van der Waals surface area contributed by atoms with E-state index in [0.717, 1.165) is 12.8 Å². The predicted octanol–water partition coefficient (Wildman–Crippen LogP) is 3.07. The van der Waals surface area contributed by atoms with Crippen molar-refractivity contribution in [2.24, 2.45) is 0 Å². The van der Waals surface area contributed by atoms with Crippen molar-refractivity contribution in [3.63, 3.8) is 0 Å². The van der Waals surface area contributed by atoms with Crippen LogP contribution in [0.3, 0.4) is 0 Å². The number of nitrogens with one attached hydrogen (secondary N) is 2. The molecule has 2 N–H and O–H groups in total.